The second-order valence-corrected chi connectivity index (χ2v) is 9.65. The average Bonchev–Trinajstić information content (AvgIpc) is 3.61. The number of hydrogen-bond donors (Lipinski definition) is 2. The van der Waals surface area contributed by atoms with Gasteiger partial charge in [0.05, 0.1) is 17.9 Å². The molecule has 2 amide bonds. The van der Waals surface area contributed by atoms with Crippen molar-refractivity contribution < 1.29 is 14.0 Å². The second kappa shape index (κ2) is 9.47. The lowest BCUT2D eigenvalue weighted by molar-refractivity contribution is -0.148. The largest absolute Gasteiger partial charge is 0.383 e. The summed E-state index contributed by atoms with van der Waals surface area (Å²) in [6.07, 6.45) is 3.59. The van der Waals surface area contributed by atoms with Crippen LogP contribution >= 0.6 is 0 Å². The van der Waals surface area contributed by atoms with Crippen LogP contribution in [0.5, 0.6) is 0 Å². The van der Waals surface area contributed by atoms with E-state index in [1.54, 1.807) is 17.0 Å². The molecule has 1 aliphatic heterocycles. The van der Waals surface area contributed by atoms with Gasteiger partial charge in [-0.05, 0) is 60.9 Å². The number of nitrogen functional groups attached to an aromatic ring is 1. The van der Waals surface area contributed by atoms with Crippen LogP contribution in [0.4, 0.5) is 15.9 Å². The fourth-order valence-corrected chi connectivity index (χ4v) is 4.54. The first kappa shape index (κ1) is 23.2. The molecule has 1 saturated heterocycles. The summed E-state index contributed by atoms with van der Waals surface area (Å²) in [6, 6.07) is 7.73. The Morgan fingerprint density at radius 1 is 1.21 bits per heavy atom. The van der Waals surface area contributed by atoms with E-state index in [2.05, 4.69) is 36.0 Å². The first-order chi connectivity index (χ1) is 15.7. The molecule has 2 atom stereocenters. The predicted octanol–water partition coefficient (Wildman–Crippen LogP) is 3.55. The van der Waals surface area contributed by atoms with Gasteiger partial charge in [-0.2, -0.15) is 0 Å². The van der Waals surface area contributed by atoms with Gasteiger partial charge in [-0.1, -0.05) is 26.0 Å². The van der Waals surface area contributed by atoms with Crippen molar-refractivity contribution >= 4 is 23.3 Å². The first-order valence-corrected chi connectivity index (χ1v) is 11.6. The van der Waals surface area contributed by atoms with Crippen LogP contribution in [0.25, 0.3) is 0 Å². The summed E-state index contributed by atoms with van der Waals surface area (Å²) in [4.78, 5) is 34.4. The Bertz CT molecular complexity index is 1020. The molecular weight excluding hydrogens is 421 g/mol. The number of benzene rings is 1. The average molecular weight is 454 g/mol. The molecule has 1 aromatic carbocycles. The Labute approximate surface area is 194 Å². The number of hydrogen-bond acceptors (Lipinski definition) is 5. The van der Waals surface area contributed by atoms with Crippen LogP contribution < -0.4 is 11.1 Å². The van der Waals surface area contributed by atoms with Crippen LogP contribution in [-0.2, 0) is 9.59 Å². The van der Waals surface area contributed by atoms with Crippen molar-refractivity contribution in [2.24, 2.45) is 5.92 Å². The summed E-state index contributed by atoms with van der Waals surface area (Å²) in [6.45, 7) is 8.25. The third-order valence-electron chi connectivity index (χ3n) is 6.40. The molecule has 1 aromatic heterocycles. The zero-order valence-electron chi connectivity index (χ0n) is 19.4. The summed E-state index contributed by atoms with van der Waals surface area (Å²) in [5, 5.41) is 2.71. The monoisotopic (exact) mass is 453 g/mol. The molecule has 2 aliphatic rings. The van der Waals surface area contributed by atoms with Crippen molar-refractivity contribution in [3.8, 4) is 0 Å². The number of nitrogens with zero attached hydrogens (tertiary/aromatic N) is 3. The van der Waals surface area contributed by atoms with Crippen LogP contribution in [0, 0.1) is 11.7 Å². The van der Waals surface area contributed by atoms with E-state index < -0.39 is 11.8 Å². The Morgan fingerprint density at radius 3 is 2.55 bits per heavy atom. The minimum absolute atomic E-state index is 0.0977. The summed E-state index contributed by atoms with van der Waals surface area (Å²) >= 11 is 0. The van der Waals surface area contributed by atoms with Gasteiger partial charge in [0.2, 0.25) is 0 Å². The first-order valence-electron chi connectivity index (χ1n) is 11.6. The van der Waals surface area contributed by atoms with Crippen molar-refractivity contribution in [1.82, 2.24) is 14.8 Å². The number of aromatic nitrogens is 1. The molecular formula is C25H32FN5O2. The molecule has 176 valence electrons. The van der Waals surface area contributed by atoms with E-state index in [0.717, 1.165) is 30.5 Å². The number of carbonyl (C=O) groups excluding carboxylic acids is 2. The molecule has 2 fully saturated rings. The number of rotatable bonds is 5. The van der Waals surface area contributed by atoms with Gasteiger partial charge in [-0.25, -0.2) is 9.37 Å². The Hall–Kier alpha value is -3.00. The molecule has 3 N–H and O–H groups in total. The van der Waals surface area contributed by atoms with E-state index in [9.17, 15) is 14.0 Å². The van der Waals surface area contributed by atoms with Crippen LogP contribution in [-0.4, -0.2) is 52.3 Å². The molecule has 2 unspecified atom stereocenters. The molecule has 4 rings (SSSR count). The molecule has 0 bridgehead atoms. The maximum absolute atomic E-state index is 13.5. The molecule has 8 heteroatoms. The van der Waals surface area contributed by atoms with E-state index in [0.29, 0.717) is 36.4 Å². The minimum atomic E-state index is -0.708. The van der Waals surface area contributed by atoms with E-state index >= 15 is 0 Å². The van der Waals surface area contributed by atoms with Crippen molar-refractivity contribution in [2.75, 3.05) is 30.7 Å². The number of nitrogens with two attached hydrogens (primary N) is 1. The van der Waals surface area contributed by atoms with Gasteiger partial charge in [-0.15, -0.1) is 0 Å². The number of carbonyl (C=O) groups is 2. The second-order valence-electron chi connectivity index (χ2n) is 9.65. The highest BCUT2D eigenvalue weighted by Crippen LogP contribution is 2.42. The van der Waals surface area contributed by atoms with Gasteiger partial charge in [0, 0.05) is 25.7 Å². The van der Waals surface area contributed by atoms with Gasteiger partial charge in [0.25, 0.3) is 0 Å². The van der Waals surface area contributed by atoms with Crippen molar-refractivity contribution in [2.45, 2.75) is 51.6 Å². The fraction of sp³-hybridized carbons (Fsp3) is 0.480. The Morgan fingerprint density at radius 2 is 1.91 bits per heavy atom. The number of nitrogens with one attached hydrogen (secondary N) is 1. The van der Waals surface area contributed by atoms with Crippen molar-refractivity contribution in [3.05, 3.63) is 53.5 Å². The number of anilines is 2. The van der Waals surface area contributed by atoms with Crippen LogP contribution in [0.2, 0.25) is 0 Å². The number of pyridine rings is 1. The van der Waals surface area contributed by atoms with Crippen molar-refractivity contribution in [1.29, 1.82) is 0 Å². The Kier molecular flexibility index (Phi) is 6.65. The molecule has 2 heterocycles. The molecule has 33 heavy (non-hydrogen) atoms. The summed E-state index contributed by atoms with van der Waals surface area (Å²) in [5.74, 6) is -0.341. The quantitative estimate of drug-likeness (QED) is 0.676. The smallest absolute Gasteiger partial charge is 0.313 e. The van der Waals surface area contributed by atoms with Crippen LogP contribution in [0.15, 0.2) is 36.5 Å². The highest BCUT2D eigenvalue weighted by atomic mass is 19.1. The van der Waals surface area contributed by atoms with E-state index in [-0.39, 0.29) is 17.9 Å². The third kappa shape index (κ3) is 5.33. The lowest BCUT2D eigenvalue weighted by Crippen LogP contribution is -2.57. The minimum Gasteiger partial charge on any atom is -0.383 e. The van der Waals surface area contributed by atoms with Gasteiger partial charge < -0.3 is 16.0 Å². The maximum atomic E-state index is 13.5. The standard InChI is InChI=1S/C25H32FN5O2/c1-15(2)12-30-14-22(18-6-8-19(26)9-7-18)31(13-16(30)3)25(33)24(32)29-20-10-21(17-4-5-17)23(27)28-11-20/h6-11,15-17,22H,4-5,12-14H2,1-3H3,(H2,27,28)(H,29,32). The van der Waals surface area contributed by atoms with E-state index in [1.165, 1.54) is 18.3 Å². The molecule has 1 aliphatic carbocycles. The number of amides is 2. The summed E-state index contributed by atoms with van der Waals surface area (Å²) in [5.41, 5.74) is 8.16. The van der Waals surface area contributed by atoms with Gasteiger partial charge >= 0.3 is 11.8 Å². The van der Waals surface area contributed by atoms with E-state index in [1.807, 2.05) is 6.07 Å². The molecule has 1 saturated carbocycles. The van der Waals surface area contributed by atoms with Crippen LogP contribution in [0.1, 0.15) is 56.7 Å². The Balaban J connectivity index is 1.55. The van der Waals surface area contributed by atoms with Gasteiger partial charge in [-0.3, -0.25) is 14.5 Å². The molecule has 7 nitrogen and oxygen atoms in total. The summed E-state index contributed by atoms with van der Waals surface area (Å²) < 4.78 is 13.5. The zero-order valence-corrected chi connectivity index (χ0v) is 19.4. The molecule has 0 spiro atoms. The topological polar surface area (TPSA) is 91.6 Å². The van der Waals surface area contributed by atoms with E-state index in [4.69, 9.17) is 5.73 Å². The third-order valence-corrected chi connectivity index (χ3v) is 6.40. The normalized spacial score (nSPS) is 21.3. The number of halogens is 1. The van der Waals surface area contributed by atoms with Gasteiger partial charge in [0.1, 0.15) is 11.6 Å². The fourth-order valence-electron chi connectivity index (χ4n) is 4.54. The van der Waals surface area contributed by atoms with Crippen LogP contribution in [0.3, 0.4) is 0 Å². The molecule has 0 radical (unpaired) electrons. The predicted molar refractivity (Wildman–Crippen MR) is 126 cm³/mol. The van der Waals surface area contributed by atoms with Crippen molar-refractivity contribution in [3.63, 3.8) is 0 Å². The summed E-state index contributed by atoms with van der Waals surface area (Å²) in [7, 11) is 0. The lowest BCUT2D eigenvalue weighted by Gasteiger charge is -2.45. The lowest BCUT2D eigenvalue weighted by atomic mass is 9.98. The highest BCUT2D eigenvalue weighted by molar-refractivity contribution is 6.39. The highest BCUT2D eigenvalue weighted by Gasteiger charge is 2.38. The maximum Gasteiger partial charge on any atom is 0.313 e. The van der Waals surface area contributed by atoms with Gasteiger partial charge in [0.15, 0.2) is 0 Å². The molecule has 2 aromatic rings. The number of piperazine rings is 1. The SMILES string of the molecule is CC(C)CN1CC(c2ccc(F)cc2)N(C(=O)C(=O)Nc2cnc(N)c(C3CC3)c2)CC1C. The zero-order chi connectivity index (χ0) is 23.7.